The Morgan fingerprint density at radius 3 is 2.41 bits per heavy atom. The molecule has 0 aliphatic carbocycles. The molecule has 0 spiro atoms. The van der Waals surface area contributed by atoms with Crippen molar-refractivity contribution in [2.75, 3.05) is 0 Å². The smallest absolute Gasteiger partial charge is 0.365 e. The Kier molecular flexibility index (Phi) is 5.01. The molecule has 0 unspecified atom stereocenters. The van der Waals surface area contributed by atoms with E-state index in [9.17, 15) is 23.1 Å². The first-order chi connectivity index (χ1) is 12.7. The lowest BCUT2D eigenvalue weighted by atomic mass is 9.95. The van der Waals surface area contributed by atoms with Crippen LogP contribution in [0.2, 0.25) is 5.02 Å². The lowest BCUT2D eigenvalue weighted by Gasteiger charge is -2.31. The predicted molar refractivity (Wildman–Crippen MR) is 95.4 cm³/mol. The van der Waals surface area contributed by atoms with Crippen LogP contribution in [0.1, 0.15) is 34.8 Å². The summed E-state index contributed by atoms with van der Waals surface area (Å²) >= 11 is 6.00. The third-order valence-electron chi connectivity index (χ3n) is 4.43. The molecular weight excluding hydrogens is 381 g/mol. The molecule has 0 saturated heterocycles. The van der Waals surface area contributed by atoms with Gasteiger partial charge in [0.25, 0.3) is 5.91 Å². The van der Waals surface area contributed by atoms with Gasteiger partial charge in [-0.25, -0.2) is 0 Å². The summed E-state index contributed by atoms with van der Waals surface area (Å²) in [5.74, 6) is -0.915. The zero-order chi connectivity index (χ0) is 19.8. The summed E-state index contributed by atoms with van der Waals surface area (Å²) in [6, 6.07) is 12.3. The van der Waals surface area contributed by atoms with Crippen molar-refractivity contribution in [1.29, 1.82) is 0 Å². The van der Waals surface area contributed by atoms with Crippen molar-refractivity contribution >= 4 is 23.2 Å². The van der Waals surface area contributed by atoms with E-state index in [1.165, 1.54) is 30.3 Å². The molecule has 27 heavy (non-hydrogen) atoms. The SMILES string of the molecule is CCc1ccc([C@@]2(O)CC(C(F)(F)F)=NN2C(=O)c2ccccc2Cl)cc1. The summed E-state index contributed by atoms with van der Waals surface area (Å²) in [5, 5.41) is 15.0. The van der Waals surface area contributed by atoms with Crippen molar-refractivity contribution in [3.63, 3.8) is 0 Å². The Bertz CT molecular complexity index is 897. The average molecular weight is 397 g/mol. The number of hydrogen-bond donors (Lipinski definition) is 1. The number of carbonyl (C=O) groups is 1. The molecule has 0 fully saturated rings. The Balaban J connectivity index is 2.08. The molecule has 1 amide bonds. The van der Waals surface area contributed by atoms with E-state index in [0.717, 1.165) is 12.0 Å². The Hall–Kier alpha value is -2.38. The van der Waals surface area contributed by atoms with E-state index in [4.69, 9.17) is 11.6 Å². The summed E-state index contributed by atoms with van der Waals surface area (Å²) in [6.45, 7) is 1.93. The standard InChI is InChI=1S/C19H16ClF3N2O2/c1-2-12-7-9-13(10-8-12)18(27)11-16(19(21,22)23)24-25(18)17(26)14-5-3-4-6-15(14)20/h3-10,27H,2,11H2,1H3/t18-/m0/s1. The monoisotopic (exact) mass is 396 g/mol. The normalized spacial score (nSPS) is 19.9. The number of amides is 1. The number of rotatable bonds is 3. The fourth-order valence-corrected chi connectivity index (χ4v) is 3.11. The Morgan fingerprint density at radius 2 is 1.85 bits per heavy atom. The van der Waals surface area contributed by atoms with Crippen LogP contribution in [0.25, 0.3) is 0 Å². The molecule has 0 bridgehead atoms. The second-order valence-electron chi connectivity index (χ2n) is 6.19. The van der Waals surface area contributed by atoms with Crippen molar-refractivity contribution in [1.82, 2.24) is 5.01 Å². The van der Waals surface area contributed by atoms with Crippen LogP contribution in [0, 0.1) is 0 Å². The van der Waals surface area contributed by atoms with Crippen molar-refractivity contribution in [2.45, 2.75) is 31.7 Å². The van der Waals surface area contributed by atoms with Crippen LogP contribution in [0.4, 0.5) is 13.2 Å². The van der Waals surface area contributed by atoms with E-state index in [1.54, 1.807) is 18.2 Å². The maximum absolute atomic E-state index is 13.3. The molecular formula is C19H16ClF3N2O2. The van der Waals surface area contributed by atoms with Gasteiger partial charge in [0.1, 0.15) is 5.71 Å². The maximum atomic E-state index is 13.3. The largest absolute Gasteiger partial charge is 0.431 e. The molecule has 2 aromatic carbocycles. The number of nitrogens with zero attached hydrogens (tertiary/aromatic N) is 2. The van der Waals surface area contributed by atoms with Gasteiger partial charge >= 0.3 is 6.18 Å². The minimum Gasteiger partial charge on any atom is -0.365 e. The highest BCUT2D eigenvalue weighted by Crippen LogP contribution is 2.41. The topological polar surface area (TPSA) is 52.9 Å². The zero-order valence-corrected chi connectivity index (χ0v) is 15.1. The summed E-state index contributed by atoms with van der Waals surface area (Å²) < 4.78 is 39.8. The van der Waals surface area contributed by atoms with Gasteiger partial charge in [0, 0.05) is 5.56 Å². The summed E-state index contributed by atoms with van der Waals surface area (Å²) in [7, 11) is 0. The minimum atomic E-state index is -4.77. The molecule has 0 radical (unpaired) electrons. The lowest BCUT2D eigenvalue weighted by molar-refractivity contribution is -0.0816. The molecule has 1 aliphatic rings. The average Bonchev–Trinajstić information content (AvgIpc) is 3.01. The summed E-state index contributed by atoms with van der Waals surface area (Å²) in [4.78, 5) is 12.9. The van der Waals surface area contributed by atoms with E-state index in [0.29, 0.717) is 5.01 Å². The highest BCUT2D eigenvalue weighted by molar-refractivity contribution is 6.33. The first-order valence-electron chi connectivity index (χ1n) is 8.22. The molecule has 4 nitrogen and oxygen atoms in total. The van der Waals surface area contributed by atoms with Gasteiger partial charge in [0.05, 0.1) is 17.0 Å². The molecule has 1 N–H and O–H groups in total. The fourth-order valence-electron chi connectivity index (χ4n) is 2.90. The number of aliphatic hydroxyl groups is 1. The number of hydrogen-bond acceptors (Lipinski definition) is 3. The van der Waals surface area contributed by atoms with Crippen LogP contribution in [0.15, 0.2) is 53.6 Å². The van der Waals surface area contributed by atoms with Gasteiger partial charge in [-0.3, -0.25) is 4.79 Å². The highest BCUT2D eigenvalue weighted by Gasteiger charge is 2.53. The van der Waals surface area contributed by atoms with Gasteiger partial charge in [-0.15, -0.1) is 0 Å². The van der Waals surface area contributed by atoms with Crippen molar-refractivity contribution in [2.24, 2.45) is 5.10 Å². The van der Waals surface area contributed by atoms with Gasteiger partial charge in [-0.1, -0.05) is 54.9 Å². The van der Waals surface area contributed by atoms with E-state index < -0.39 is 29.9 Å². The van der Waals surface area contributed by atoms with Crippen LogP contribution in [0.3, 0.4) is 0 Å². The van der Waals surface area contributed by atoms with Crippen LogP contribution in [0.5, 0.6) is 0 Å². The molecule has 1 atom stereocenters. The quantitative estimate of drug-likeness (QED) is 0.829. The molecule has 142 valence electrons. The Morgan fingerprint density at radius 1 is 1.22 bits per heavy atom. The molecule has 0 aromatic heterocycles. The van der Waals surface area contributed by atoms with Crippen LogP contribution in [-0.2, 0) is 12.1 Å². The van der Waals surface area contributed by atoms with Gasteiger partial charge < -0.3 is 5.11 Å². The van der Waals surface area contributed by atoms with Gasteiger partial charge in [-0.2, -0.15) is 23.3 Å². The number of halogens is 4. The second-order valence-corrected chi connectivity index (χ2v) is 6.59. The molecule has 3 rings (SSSR count). The van der Waals surface area contributed by atoms with Crippen molar-refractivity contribution in [3.8, 4) is 0 Å². The van der Waals surface area contributed by atoms with Gasteiger partial charge in [-0.05, 0) is 24.1 Å². The predicted octanol–water partition coefficient (Wildman–Crippen LogP) is 4.51. The van der Waals surface area contributed by atoms with Crippen LogP contribution in [-0.4, -0.2) is 27.9 Å². The van der Waals surface area contributed by atoms with Crippen molar-refractivity contribution < 1.29 is 23.1 Å². The number of hydrazone groups is 1. The van der Waals surface area contributed by atoms with Crippen LogP contribution >= 0.6 is 11.6 Å². The van der Waals surface area contributed by atoms with Crippen molar-refractivity contribution in [3.05, 3.63) is 70.2 Å². The minimum absolute atomic E-state index is 0.0463. The van der Waals surface area contributed by atoms with Gasteiger partial charge in [0.2, 0.25) is 0 Å². The highest BCUT2D eigenvalue weighted by atomic mass is 35.5. The molecule has 2 aromatic rings. The third kappa shape index (κ3) is 3.57. The number of carbonyl (C=O) groups excluding carboxylic acids is 1. The molecule has 1 aliphatic heterocycles. The van der Waals surface area contributed by atoms with E-state index in [2.05, 4.69) is 5.10 Å². The zero-order valence-electron chi connectivity index (χ0n) is 14.3. The number of benzene rings is 2. The summed E-state index contributed by atoms with van der Waals surface area (Å²) in [5.41, 5.74) is -2.45. The van der Waals surface area contributed by atoms with E-state index in [1.807, 2.05) is 6.92 Å². The number of aryl methyl sites for hydroxylation is 1. The van der Waals surface area contributed by atoms with E-state index in [-0.39, 0.29) is 16.1 Å². The van der Waals surface area contributed by atoms with E-state index >= 15 is 0 Å². The second kappa shape index (κ2) is 6.98. The molecule has 0 saturated carbocycles. The fraction of sp³-hybridized carbons (Fsp3) is 0.263. The first-order valence-corrected chi connectivity index (χ1v) is 8.60. The number of alkyl halides is 3. The van der Waals surface area contributed by atoms with Crippen LogP contribution < -0.4 is 0 Å². The molecule has 1 heterocycles. The maximum Gasteiger partial charge on any atom is 0.431 e. The first kappa shape index (κ1) is 19.4. The van der Waals surface area contributed by atoms with Gasteiger partial charge in [0.15, 0.2) is 5.72 Å². The Labute approximate surface area is 158 Å². The lowest BCUT2D eigenvalue weighted by Crippen LogP contribution is -2.43. The third-order valence-corrected chi connectivity index (χ3v) is 4.76. The molecule has 8 heteroatoms. The summed E-state index contributed by atoms with van der Waals surface area (Å²) in [6.07, 6.45) is -4.91.